The Bertz CT molecular complexity index is 728. The third kappa shape index (κ3) is 11.6. The number of ether oxygens (including phenoxy) is 2. The fraction of sp³-hybridized carbons (Fsp3) is 1.00. The first-order valence-corrected chi connectivity index (χ1v) is 13.7. The fourth-order valence-electron chi connectivity index (χ4n) is 4.09. The first-order valence-electron chi connectivity index (χ1n) is 12.3. The highest BCUT2D eigenvalue weighted by Gasteiger charge is 2.49. The van der Waals surface area contributed by atoms with Gasteiger partial charge in [0.05, 0.1) is 24.9 Å². The van der Waals surface area contributed by atoms with Crippen LogP contribution >= 0.6 is 0 Å². The van der Waals surface area contributed by atoms with E-state index in [-0.39, 0.29) is 0 Å². The van der Waals surface area contributed by atoms with Gasteiger partial charge in [-0.3, -0.25) is 4.18 Å². The Balaban J connectivity index is 2.44. The predicted octanol–water partition coefficient (Wildman–Crippen LogP) is 7.14. The monoisotopic (exact) mass is 515 g/mol. The van der Waals surface area contributed by atoms with Crippen molar-refractivity contribution >= 4 is 10.1 Å². The maximum absolute atomic E-state index is 12.6. The molecule has 0 bridgehead atoms. The minimum absolute atomic E-state index is 0.550. The number of hydrogen-bond donors (Lipinski definition) is 0. The molecule has 8 nitrogen and oxygen atoms in total. The third-order valence-electron chi connectivity index (χ3n) is 5.82. The molecular formula is C22H40F3N3O5S. The Morgan fingerprint density at radius 1 is 0.971 bits per heavy atom. The van der Waals surface area contributed by atoms with Gasteiger partial charge in [0.25, 0.3) is 0 Å². The molecule has 1 heterocycles. The van der Waals surface area contributed by atoms with Gasteiger partial charge in [-0.1, -0.05) is 89.1 Å². The molecule has 0 aliphatic carbocycles. The lowest BCUT2D eigenvalue weighted by Gasteiger charge is -2.23. The van der Waals surface area contributed by atoms with Crippen LogP contribution in [-0.4, -0.2) is 44.6 Å². The Hall–Kier alpha value is -1.07. The van der Waals surface area contributed by atoms with Gasteiger partial charge < -0.3 is 9.47 Å². The van der Waals surface area contributed by atoms with Crippen LogP contribution in [0.15, 0.2) is 5.11 Å². The van der Waals surface area contributed by atoms with Gasteiger partial charge >= 0.3 is 15.6 Å². The number of alkyl halides is 3. The lowest BCUT2D eigenvalue weighted by molar-refractivity contribution is -0.148. The minimum atomic E-state index is -5.81. The maximum Gasteiger partial charge on any atom is 0.523 e. The molecule has 1 saturated heterocycles. The van der Waals surface area contributed by atoms with Crippen LogP contribution in [0.1, 0.15) is 104 Å². The van der Waals surface area contributed by atoms with Crippen molar-refractivity contribution in [3.8, 4) is 0 Å². The number of azide groups is 1. The molecule has 0 unspecified atom stereocenters. The summed E-state index contributed by atoms with van der Waals surface area (Å²) in [5.74, 6) is -1.04. The molecule has 0 N–H and O–H groups in total. The van der Waals surface area contributed by atoms with Crippen LogP contribution in [0.25, 0.3) is 10.4 Å². The van der Waals surface area contributed by atoms with E-state index in [2.05, 4.69) is 21.1 Å². The van der Waals surface area contributed by atoms with Gasteiger partial charge in [-0.25, -0.2) is 0 Å². The molecule has 1 fully saturated rings. The average Bonchev–Trinajstić information content (AvgIpc) is 3.05. The van der Waals surface area contributed by atoms with Crippen LogP contribution in [0.4, 0.5) is 13.2 Å². The zero-order valence-corrected chi connectivity index (χ0v) is 21.4. The summed E-state index contributed by atoms with van der Waals surface area (Å²) in [6.45, 7) is 4.52. The van der Waals surface area contributed by atoms with Gasteiger partial charge in [0, 0.05) is 4.91 Å². The molecule has 34 heavy (non-hydrogen) atoms. The van der Waals surface area contributed by atoms with Crippen molar-refractivity contribution in [2.45, 2.75) is 134 Å². The highest BCUT2D eigenvalue weighted by molar-refractivity contribution is 7.87. The van der Waals surface area contributed by atoms with E-state index in [1.807, 2.05) is 0 Å². The highest BCUT2D eigenvalue weighted by atomic mass is 32.2. The van der Waals surface area contributed by atoms with Gasteiger partial charge in [0.15, 0.2) is 5.79 Å². The van der Waals surface area contributed by atoms with Crippen molar-refractivity contribution in [1.82, 2.24) is 0 Å². The molecule has 0 aromatic carbocycles. The second kappa shape index (κ2) is 15.1. The zero-order chi connectivity index (χ0) is 25.7. The summed E-state index contributed by atoms with van der Waals surface area (Å²) >= 11 is 0. The number of hydrogen-bond acceptors (Lipinski definition) is 6. The maximum atomic E-state index is 12.6. The molecule has 0 aromatic rings. The molecule has 1 rings (SSSR count). The molecule has 12 heteroatoms. The van der Waals surface area contributed by atoms with Gasteiger partial charge in [-0.05, 0) is 25.8 Å². The lowest BCUT2D eigenvalue weighted by atomic mass is 10.00. The zero-order valence-electron chi connectivity index (χ0n) is 20.6. The summed E-state index contributed by atoms with van der Waals surface area (Å²) in [5, 5.41) is 3.44. The normalized spacial score (nSPS) is 21.4. The highest BCUT2D eigenvalue weighted by Crippen LogP contribution is 2.34. The van der Waals surface area contributed by atoms with E-state index in [9.17, 15) is 21.6 Å². The first kappa shape index (κ1) is 31.0. The number of rotatable bonds is 18. The Kier molecular flexibility index (Phi) is 13.8. The molecule has 0 spiro atoms. The molecular weight excluding hydrogens is 475 g/mol. The van der Waals surface area contributed by atoms with Crippen molar-refractivity contribution in [2.24, 2.45) is 5.11 Å². The summed E-state index contributed by atoms with van der Waals surface area (Å²) in [7, 11) is -5.81. The van der Waals surface area contributed by atoms with Crippen LogP contribution in [0.5, 0.6) is 0 Å². The summed E-state index contributed by atoms with van der Waals surface area (Å²) in [6.07, 6.45) is 13.3. The fourth-order valence-corrected chi connectivity index (χ4v) is 4.54. The van der Waals surface area contributed by atoms with E-state index < -0.39 is 46.3 Å². The molecule has 1 aliphatic rings. The summed E-state index contributed by atoms with van der Waals surface area (Å²) < 4.78 is 75.9. The smallest absolute Gasteiger partial charge is 0.345 e. The number of halogens is 3. The van der Waals surface area contributed by atoms with E-state index in [0.717, 1.165) is 25.7 Å². The molecule has 1 aliphatic heterocycles. The molecule has 200 valence electrons. The molecule has 0 aromatic heterocycles. The molecule has 0 amide bonds. The van der Waals surface area contributed by atoms with Crippen molar-refractivity contribution < 1.29 is 35.2 Å². The van der Waals surface area contributed by atoms with Crippen LogP contribution < -0.4 is 0 Å². The predicted molar refractivity (Wildman–Crippen MR) is 123 cm³/mol. The quantitative estimate of drug-likeness (QED) is 0.0481. The minimum Gasteiger partial charge on any atom is -0.345 e. The summed E-state index contributed by atoms with van der Waals surface area (Å²) in [6, 6.07) is -1.29. The van der Waals surface area contributed by atoms with E-state index >= 15 is 0 Å². The SMILES string of the molecule is CCCCCCCCCCCCCC[C@@H]1OC(C)(C)O[C@H]1[C@H](COS(=O)(=O)C(F)(F)F)N=[N+]=[N-]. The van der Waals surface area contributed by atoms with Gasteiger partial charge in [0.1, 0.15) is 0 Å². The van der Waals surface area contributed by atoms with Gasteiger partial charge in [0.2, 0.25) is 0 Å². The Labute approximate surface area is 201 Å². The average molecular weight is 516 g/mol. The van der Waals surface area contributed by atoms with Crippen LogP contribution in [0.2, 0.25) is 0 Å². The van der Waals surface area contributed by atoms with E-state index in [4.69, 9.17) is 15.0 Å². The molecule has 0 radical (unpaired) electrons. The van der Waals surface area contributed by atoms with Gasteiger partial charge in [-0.2, -0.15) is 21.6 Å². The number of nitrogens with zero attached hydrogens (tertiary/aromatic N) is 3. The summed E-state index contributed by atoms with van der Waals surface area (Å²) in [5.41, 5.74) is 3.27. The first-order chi connectivity index (χ1) is 15.9. The lowest BCUT2D eigenvalue weighted by Crippen LogP contribution is -2.39. The van der Waals surface area contributed by atoms with Crippen LogP contribution in [-0.2, 0) is 23.8 Å². The Morgan fingerprint density at radius 2 is 1.47 bits per heavy atom. The van der Waals surface area contributed by atoms with Crippen LogP contribution in [0.3, 0.4) is 0 Å². The Morgan fingerprint density at radius 3 is 1.94 bits per heavy atom. The molecule has 3 atom stereocenters. The largest absolute Gasteiger partial charge is 0.523 e. The van der Waals surface area contributed by atoms with Crippen molar-refractivity contribution in [2.75, 3.05) is 6.61 Å². The third-order valence-corrected chi connectivity index (χ3v) is 6.83. The number of unbranched alkanes of at least 4 members (excludes halogenated alkanes) is 11. The topological polar surface area (TPSA) is 111 Å². The van der Waals surface area contributed by atoms with Crippen molar-refractivity contribution in [1.29, 1.82) is 0 Å². The second-order valence-electron chi connectivity index (χ2n) is 9.27. The van der Waals surface area contributed by atoms with E-state index in [0.29, 0.717) is 6.42 Å². The van der Waals surface area contributed by atoms with Gasteiger partial charge in [-0.15, -0.1) is 0 Å². The van der Waals surface area contributed by atoms with Crippen LogP contribution in [0, 0.1) is 0 Å². The van der Waals surface area contributed by atoms with E-state index in [1.165, 1.54) is 51.4 Å². The molecule has 0 saturated carbocycles. The second-order valence-corrected chi connectivity index (χ2v) is 10.9. The standard InChI is InChI=1S/C22H40F3N3O5S/c1-4-5-6-7-8-9-10-11-12-13-14-15-16-19-20(33-21(2,3)32-19)18(27-28-26)17-31-34(29,30)22(23,24)25/h18-20H,4-17H2,1-3H3/t18-,19-,20-/m0/s1. The van der Waals surface area contributed by atoms with Crippen molar-refractivity contribution in [3.05, 3.63) is 10.4 Å². The van der Waals surface area contributed by atoms with Crippen molar-refractivity contribution in [3.63, 3.8) is 0 Å². The van der Waals surface area contributed by atoms with E-state index in [1.54, 1.807) is 13.8 Å². The summed E-state index contributed by atoms with van der Waals surface area (Å²) in [4.78, 5) is 2.62.